The molecule has 0 radical (unpaired) electrons. The maximum Gasteiger partial charge on any atom is 0.223 e. The van der Waals surface area contributed by atoms with Gasteiger partial charge in [-0.15, -0.1) is 11.3 Å². The lowest BCUT2D eigenvalue weighted by Crippen LogP contribution is -2.30. The van der Waals surface area contributed by atoms with Crippen LogP contribution in [0.15, 0.2) is 24.3 Å². The van der Waals surface area contributed by atoms with Crippen molar-refractivity contribution < 1.29 is 4.79 Å². The molecule has 20 heavy (non-hydrogen) atoms. The molecule has 106 valence electrons. The smallest absolute Gasteiger partial charge is 0.223 e. The Morgan fingerprint density at radius 2 is 2.35 bits per heavy atom. The van der Waals surface area contributed by atoms with Gasteiger partial charge < -0.3 is 4.90 Å². The molecule has 0 bridgehead atoms. The summed E-state index contributed by atoms with van der Waals surface area (Å²) in [6.07, 6.45) is 4.82. The highest BCUT2D eigenvalue weighted by Gasteiger charge is 2.31. The molecule has 0 spiro atoms. The van der Waals surface area contributed by atoms with Crippen LogP contribution in [0.4, 0.5) is 0 Å². The van der Waals surface area contributed by atoms with Crippen LogP contribution < -0.4 is 0 Å². The minimum atomic E-state index is 0.196. The van der Waals surface area contributed by atoms with Gasteiger partial charge in [-0.2, -0.15) is 11.8 Å². The summed E-state index contributed by atoms with van der Waals surface area (Å²) in [5.74, 6) is 1.18. The summed E-state index contributed by atoms with van der Waals surface area (Å²) < 4.78 is 1.21. The zero-order valence-electron chi connectivity index (χ0n) is 11.5. The Morgan fingerprint density at radius 1 is 1.50 bits per heavy atom. The van der Waals surface area contributed by atoms with Gasteiger partial charge in [-0.3, -0.25) is 4.79 Å². The molecule has 0 aliphatic carbocycles. The van der Waals surface area contributed by atoms with Gasteiger partial charge in [0, 0.05) is 18.7 Å². The molecule has 3 nitrogen and oxygen atoms in total. The second kappa shape index (κ2) is 6.14. The van der Waals surface area contributed by atoms with Gasteiger partial charge in [-0.05, 0) is 31.2 Å². The van der Waals surface area contributed by atoms with E-state index in [1.807, 2.05) is 29.4 Å². The fourth-order valence-corrected chi connectivity index (χ4v) is 4.18. The van der Waals surface area contributed by atoms with Crippen LogP contribution in [-0.4, -0.2) is 34.3 Å². The first-order valence-corrected chi connectivity index (χ1v) is 9.14. The molecule has 1 aliphatic rings. The number of carbonyl (C=O) groups excluding carboxylic acids is 1. The first-order valence-electron chi connectivity index (χ1n) is 6.93. The van der Waals surface area contributed by atoms with Crippen LogP contribution in [-0.2, 0) is 4.79 Å². The standard InChI is InChI=1S/C15H18N2OS2/c1-19-10-8-14(18)17-9-4-6-12(17)15-16-11-5-2-3-7-13(11)20-15/h2-3,5,7,12H,4,6,8-10H2,1H3. The molecule has 5 heteroatoms. The van der Waals surface area contributed by atoms with Crippen molar-refractivity contribution in [1.82, 2.24) is 9.88 Å². The molecule has 1 atom stereocenters. The van der Waals surface area contributed by atoms with E-state index < -0.39 is 0 Å². The van der Waals surface area contributed by atoms with E-state index in [4.69, 9.17) is 4.98 Å². The highest BCUT2D eigenvalue weighted by molar-refractivity contribution is 7.98. The summed E-state index contributed by atoms with van der Waals surface area (Å²) in [7, 11) is 0. The van der Waals surface area contributed by atoms with E-state index in [0.29, 0.717) is 6.42 Å². The van der Waals surface area contributed by atoms with Crippen LogP contribution in [0.3, 0.4) is 0 Å². The topological polar surface area (TPSA) is 33.2 Å². The highest BCUT2D eigenvalue weighted by atomic mass is 32.2. The van der Waals surface area contributed by atoms with E-state index in [1.165, 1.54) is 4.70 Å². The fraction of sp³-hybridized carbons (Fsp3) is 0.467. The number of nitrogens with zero attached hydrogens (tertiary/aromatic N) is 2. The van der Waals surface area contributed by atoms with Crippen molar-refractivity contribution in [1.29, 1.82) is 0 Å². The first-order chi connectivity index (χ1) is 9.79. The molecule has 0 saturated carbocycles. The van der Waals surface area contributed by atoms with Crippen LogP contribution in [0, 0.1) is 0 Å². The summed E-state index contributed by atoms with van der Waals surface area (Å²) in [5, 5.41) is 1.10. The van der Waals surface area contributed by atoms with Gasteiger partial charge in [-0.25, -0.2) is 4.98 Å². The minimum absolute atomic E-state index is 0.196. The van der Waals surface area contributed by atoms with Gasteiger partial charge in [0.05, 0.1) is 16.3 Å². The molecule has 1 unspecified atom stereocenters. The zero-order chi connectivity index (χ0) is 13.9. The molecule has 1 amide bonds. The molecule has 1 aromatic carbocycles. The first kappa shape index (κ1) is 13.9. The van der Waals surface area contributed by atoms with E-state index >= 15 is 0 Å². The van der Waals surface area contributed by atoms with Gasteiger partial charge in [0.15, 0.2) is 0 Å². The Hall–Kier alpha value is -1.07. The predicted octanol–water partition coefficient (Wildman–Crippen LogP) is 3.71. The van der Waals surface area contributed by atoms with Crippen molar-refractivity contribution in [2.75, 3.05) is 18.6 Å². The number of carbonyl (C=O) groups is 1. The number of hydrogen-bond acceptors (Lipinski definition) is 4. The minimum Gasteiger partial charge on any atom is -0.333 e. The average molecular weight is 306 g/mol. The third kappa shape index (κ3) is 2.69. The van der Waals surface area contributed by atoms with Crippen LogP contribution in [0.5, 0.6) is 0 Å². The van der Waals surface area contributed by atoms with Crippen LogP contribution in [0.1, 0.15) is 30.3 Å². The molecule has 1 fully saturated rings. The van der Waals surface area contributed by atoms with Gasteiger partial charge in [0.25, 0.3) is 0 Å². The number of fused-ring (bicyclic) bond motifs is 1. The number of thioether (sulfide) groups is 1. The molecular formula is C15H18N2OS2. The Bertz CT molecular complexity index is 578. The molecule has 3 rings (SSSR count). The second-order valence-electron chi connectivity index (χ2n) is 5.01. The molecule has 1 saturated heterocycles. The van der Waals surface area contributed by atoms with Crippen molar-refractivity contribution in [3.05, 3.63) is 29.3 Å². The normalized spacial score (nSPS) is 18.9. The summed E-state index contributed by atoms with van der Waals surface area (Å²) >= 11 is 3.46. The van der Waals surface area contributed by atoms with E-state index in [9.17, 15) is 4.79 Å². The number of likely N-dealkylation sites (tertiary alicyclic amines) is 1. The number of para-hydroxylation sites is 1. The highest BCUT2D eigenvalue weighted by Crippen LogP contribution is 2.36. The molecule has 2 aromatic rings. The van der Waals surface area contributed by atoms with Crippen molar-refractivity contribution in [3.63, 3.8) is 0 Å². The van der Waals surface area contributed by atoms with Crippen molar-refractivity contribution in [2.24, 2.45) is 0 Å². The Balaban J connectivity index is 1.82. The number of benzene rings is 1. The SMILES string of the molecule is CSCCC(=O)N1CCCC1c1nc2ccccc2s1. The van der Waals surface area contributed by atoms with Crippen LogP contribution >= 0.6 is 23.1 Å². The summed E-state index contributed by atoms with van der Waals surface area (Å²) in [5.41, 5.74) is 1.05. The average Bonchev–Trinajstić information content (AvgIpc) is 3.09. The number of rotatable bonds is 4. The monoisotopic (exact) mass is 306 g/mol. The van der Waals surface area contributed by atoms with Gasteiger partial charge in [0.2, 0.25) is 5.91 Å². The van der Waals surface area contributed by atoms with Gasteiger partial charge in [-0.1, -0.05) is 12.1 Å². The van der Waals surface area contributed by atoms with Crippen molar-refractivity contribution in [3.8, 4) is 0 Å². The zero-order valence-corrected chi connectivity index (χ0v) is 13.2. The van der Waals surface area contributed by atoms with Gasteiger partial charge >= 0.3 is 0 Å². The third-order valence-electron chi connectivity index (χ3n) is 3.69. The fourth-order valence-electron chi connectivity index (χ4n) is 2.69. The van der Waals surface area contributed by atoms with E-state index in [0.717, 1.165) is 35.7 Å². The van der Waals surface area contributed by atoms with Crippen molar-refractivity contribution >= 4 is 39.2 Å². The molecule has 1 aromatic heterocycles. The number of hydrogen-bond donors (Lipinski definition) is 0. The van der Waals surface area contributed by atoms with E-state index in [-0.39, 0.29) is 11.9 Å². The molecular weight excluding hydrogens is 288 g/mol. The Labute approximate surface area is 127 Å². The summed E-state index contributed by atoms with van der Waals surface area (Å²) in [6.45, 7) is 0.883. The number of amides is 1. The molecule has 1 aliphatic heterocycles. The predicted molar refractivity (Wildman–Crippen MR) is 86.3 cm³/mol. The van der Waals surface area contributed by atoms with Crippen LogP contribution in [0.2, 0.25) is 0 Å². The lowest BCUT2D eigenvalue weighted by molar-refractivity contribution is -0.131. The van der Waals surface area contributed by atoms with Gasteiger partial charge in [0.1, 0.15) is 5.01 Å². The quantitative estimate of drug-likeness (QED) is 0.863. The maximum absolute atomic E-state index is 12.3. The maximum atomic E-state index is 12.3. The molecule has 0 N–H and O–H groups in total. The van der Waals surface area contributed by atoms with E-state index in [2.05, 4.69) is 6.07 Å². The summed E-state index contributed by atoms with van der Waals surface area (Å²) in [6, 6.07) is 8.40. The Morgan fingerprint density at radius 3 is 3.15 bits per heavy atom. The Kier molecular flexibility index (Phi) is 4.27. The van der Waals surface area contributed by atoms with Crippen molar-refractivity contribution in [2.45, 2.75) is 25.3 Å². The van der Waals surface area contributed by atoms with Crippen LogP contribution in [0.25, 0.3) is 10.2 Å². The number of aromatic nitrogens is 1. The van der Waals surface area contributed by atoms with E-state index in [1.54, 1.807) is 23.1 Å². The molecule has 2 heterocycles. The number of thiazole rings is 1. The largest absolute Gasteiger partial charge is 0.333 e. The lowest BCUT2D eigenvalue weighted by Gasteiger charge is -2.22. The lowest BCUT2D eigenvalue weighted by atomic mass is 10.2. The third-order valence-corrected chi connectivity index (χ3v) is 5.44. The summed E-state index contributed by atoms with van der Waals surface area (Å²) in [4.78, 5) is 19.1. The second-order valence-corrected chi connectivity index (χ2v) is 7.06.